The average molecular weight is 426 g/mol. The third-order valence-corrected chi connectivity index (χ3v) is 5.07. The van der Waals surface area contributed by atoms with Gasteiger partial charge in [0.1, 0.15) is 5.57 Å². The van der Waals surface area contributed by atoms with Gasteiger partial charge in [0.05, 0.1) is 7.11 Å². The van der Waals surface area contributed by atoms with E-state index in [1.54, 1.807) is 30.3 Å². The summed E-state index contributed by atoms with van der Waals surface area (Å²) in [5.74, 6) is -3.69. The fourth-order valence-corrected chi connectivity index (χ4v) is 3.48. The highest BCUT2D eigenvalue weighted by Crippen LogP contribution is 2.45. The van der Waals surface area contributed by atoms with Gasteiger partial charge in [-0.3, -0.25) is 9.59 Å². The van der Waals surface area contributed by atoms with Crippen molar-refractivity contribution in [3.63, 3.8) is 0 Å². The lowest BCUT2D eigenvalue weighted by Crippen LogP contribution is -2.66. The van der Waals surface area contributed by atoms with E-state index >= 15 is 0 Å². The summed E-state index contributed by atoms with van der Waals surface area (Å²) < 4.78 is 47.4. The van der Waals surface area contributed by atoms with Crippen LogP contribution in [0.1, 0.15) is 38.7 Å². The molecule has 9 heteroatoms. The lowest BCUT2D eigenvalue weighted by Gasteiger charge is -2.33. The van der Waals surface area contributed by atoms with E-state index in [9.17, 15) is 27.6 Å². The molecule has 1 N–H and O–H groups in total. The number of nitrogens with one attached hydrogen (secondary N) is 1. The number of halogens is 3. The van der Waals surface area contributed by atoms with Crippen molar-refractivity contribution in [3.8, 4) is 0 Å². The van der Waals surface area contributed by atoms with Crippen LogP contribution in [0.5, 0.6) is 0 Å². The maximum atomic E-state index is 14.3. The predicted octanol–water partition coefficient (Wildman–Crippen LogP) is 3.13. The highest BCUT2D eigenvalue weighted by molar-refractivity contribution is 6.10. The number of nitrogens with zero attached hydrogens (tertiary/aromatic N) is 1. The molecule has 164 valence electrons. The maximum absolute atomic E-state index is 14.3. The number of hydrogen-bond acceptors (Lipinski definition) is 4. The van der Waals surface area contributed by atoms with E-state index in [1.807, 2.05) is 12.2 Å². The summed E-state index contributed by atoms with van der Waals surface area (Å²) in [6.07, 6.45) is -4.26. The zero-order valence-electron chi connectivity index (χ0n) is 17.1. The molecule has 0 saturated heterocycles. The molecule has 2 amide bonds. The molecule has 0 radical (unpaired) electrons. The van der Waals surface area contributed by atoms with Crippen molar-refractivity contribution in [1.29, 1.82) is 0 Å². The van der Waals surface area contributed by atoms with Crippen LogP contribution in [0.2, 0.25) is 0 Å². The summed E-state index contributed by atoms with van der Waals surface area (Å²) in [5.41, 5.74) is -3.77. The van der Waals surface area contributed by atoms with Crippen molar-refractivity contribution in [1.82, 2.24) is 10.2 Å². The Morgan fingerprint density at radius 3 is 2.37 bits per heavy atom. The van der Waals surface area contributed by atoms with Gasteiger partial charge in [-0.1, -0.05) is 43.7 Å². The number of carbonyl (C=O) groups excluding carboxylic acids is 3. The molecular weight excluding hydrogens is 401 g/mol. The molecule has 1 atom stereocenters. The van der Waals surface area contributed by atoms with Gasteiger partial charge in [0.2, 0.25) is 11.4 Å². The van der Waals surface area contributed by atoms with Crippen molar-refractivity contribution in [3.05, 3.63) is 47.2 Å². The van der Waals surface area contributed by atoms with E-state index in [-0.39, 0.29) is 25.1 Å². The number of ether oxygens (including phenoxy) is 1. The molecule has 1 aromatic carbocycles. The SMILES string of the molecule is CCCCN1C(=O)[C@](NC(=O)CCc2ccccc2)(C(F)(F)F)C(C(=O)OC)=C1C. The van der Waals surface area contributed by atoms with Gasteiger partial charge < -0.3 is 15.0 Å². The van der Waals surface area contributed by atoms with Gasteiger partial charge in [-0.25, -0.2) is 4.79 Å². The summed E-state index contributed by atoms with van der Waals surface area (Å²) in [7, 11) is 0.931. The number of amides is 2. The number of hydrogen-bond donors (Lipinski definition) is 1. The van der Waals surface area contributed by atoms with E-state index < -0.39 is 35.1 Å². The van der Waals surface area contributed by atoms with Crippen LogP contribution in [0.25, 0.3) is 0 Å². The van der Waals surface area contributed by atoms with Crippen LogP contribution in [0.4, 0.5) is 13.2 Å². The second-order valence-electron chi connectivity index (χ2n) is 7.04. The smallest absolute Gasteiger partial charge is 0.425 e. The number of methoxy groups -OCH3 is 1. The fourth-order valence-electron chi connectivity index (χ4n) is 3.48. The summed E-state index contributed by atoms with van der Waals surface area (Å²) in [6, 6.07) is 8.75. The van der Waals surface area contributed by atoms with Gasteiger partial charge in [0, 0.05) is 18.7 Å². The van der Waals surface area contributed by atoms with Crippen LogP contribution in [0.15, 0.2) is 41.6 Å². The van der Waals surface area contributed by atoms with Crippen molar-refractivity contribution in [2.45, 2.75) is 51.2 Å². The molecule has 0 spiro atoms. The Labute approximate surface area is 173 Å². The van der Waals surface area contributed by atoms with Crippen LogP contribution in [-0.2, 0) is 25.5 Å². The Balaban J connectivity index is 2.42. The lowest BCUT2D eigenvalue weighted by atomic mass is 9.88. The molecule has 1 aliphatic heterocycles. The first-order valence-corrected chi connectivity index (χ1v) is 9.63. The minimum absolute atomic E-state index is 0.000618. The van der Waals surface area contributed by atoms with Gasteiger partial charge in [0.15, 0.2) is 0 Å². The van der Waals surface area contributed by atoms with E-state index in [4.69, 9.17) is 0 Å². The van der Waals surface area contributed by atoms with Crippen molar-refractivity contribution in [2.75, 3.05) is 13.7 Å². The second kappa shape index (κ2) is 9.32. The fraction of sp³-hybridized carbons (Fsp3) is 0.476. The van der Waals surface area contributed by atoms with E-state index in [0.29, 0.717) is 12.8 Å². The van der Waals surface area contributed by atoms with Crippen LogP contribution in [-0.4, -0.2) is 48.1 Å². The average Bonchev–Trinajstić information content (AvgIpc) is 2.92. The number of carbonyl (C=O) groups is 3. The van der Waals surface area contributed by atoms with Crippen molar-refractivity contribution >= 4 is 17.8 Å². The first kappa shape index (κ1) is 23.4. The maximum Gasteiger partial charge on any atom is 0.425 e. The van der Waals surface area contributed by atoms with Gasteiger partial charge in [-0.2, -0.15) is 13.2 Å². The largest absolute Gasteiger partial charge is 0.466 e. The molecule has 0 saturated carbocycles. The minimum Gasteiger partial charge on any atom is -0.466 e. The number of rotatable bonds is 8. The van der Waals surface area contributed by atoms with Crippen LogP contribution >= 0.6 is 0 Å². The molecule has 1 heterocycles. The van der Waals surface area contributed by atoms with Crippen molar-refractivity contribution < 1.29 is 32.3 Å². The van der Waals surface area contributed by atoms with Crippen LogP contribution < -0.4 is 5.32 Å². The number of unbranched alkanes of at least 4 members (excludes halogenated alkanes) is 1. The highest BCUT2D eigenvalue weighted by atomic mass is 19.4. The monoisotopic (exact) mass is 426 g/mol. The zero-order valence-corrected chi connectivity index (χ0v) is 17.1. The summed E-state index contributed by atoms with van der Waals surface area (Å²) in [6.45, 7) is 3.08. The molecular formula is C21H25F3N2O4. The minimum atomic E-state index is -5.24. The Bertz CT molecular complexity index is 836. The molecule has 0 aromatic heterocycles. The molecule has 6 nitrogen and oxygen atoms in total. The first-order chi connectivity index (χ1) is 14.1. The van der Waals surface area contributed by atoms with Crippen LogP contribution in [0.3, 0.4) is 0 Å². The summed E-state index contributed by atoms with van der Waals surface area (Å²) >= 11 is 0. The van der Waals surface area contributed by atoms with E-state index in [2.05, 4.69) is 4.74 Å². The third-order valence-electron chi connectivity index (χ3n) is 5.07. The molecule has 0 fully saturated rings. The Hall–Kier alpha value is -2.84. The van der Waals surface area contributed by atoms with Gasteiger partial charge in [0.25, 0.3) is 5.91 Å². The molecule has 30 heavy (non-hydrogen) atoms. The number of benzene rings is 1. The highest BCUT2D eigenvalue weighted by Gasteiger charge is 2.70. The molecule has 0 bridgehead atoms. The van der Waals surface area contributed by atoms with Gasteiger partial charge in [-0.05, 0) is 25.3 Å². The topological polar surface area (TPSA) is 75.7 Å². The van der Waals surface area contributed by atoms with Gasteiger partial charge in [-0.15, -0.1) is 0 Å². The Morgan fingerprint density at radius 1 is 1.20 bits per heavy atom. The van der Waals surface area contributed by atoms with E-state index in [1.165, 1.54) is 6.92 Å². The first-order valence-electron chi connectivity index (χ1n) is 9.63. The molecule has 1 aliphatic rings. The van der Waals surface area contributed by atoms with Crippen molar-refractivity contribution in [2.24, 2.45) is 0 Å². The number of alkyl halides is 3. The Morgan fingerprint density at radius 2 is 1.83 bits per heavy atom. The van der Waals surface area contributed by atoms with Gasteiger partial charge >= 0.3 is 12.1 Å². The standard InChI is InChI=1S/C21H25F3N2O4/c1-4-5-13-26-14(2)17(18(28)30-3)20(19(26)29,21(22,23)24)25-16(27)12-11-15-9-7-6-8-10-15/h6-10H,4-5,11-13H2,1-3H3,(H,25,27)/t20-/m0/s1. The second-order valence-corrected chi connectivity index (χ2v) is 7.04. The quantitative estimate of drug-likeness (QED) is 0.648. The summed E-state index contributed by atoms with van der Waals surface area (Å²) in [4.78, 5) is 38.7. The predicted molar refractivity (Wildman–Crippen MR) is 103 cm³/mol. The normalized spacial score (nSPS) is 19.3. The van der Waals surface area contributed by atoms with Crippen LogP contribution in [0, 0.1) is 0 Å². The Kier molecular flexibility index (Phi) is 7.28. The molecule has 1 aromatic rings. The number of allylic oxidation sites excluding steroid dienone is 1. The number of esters is 1. The summed E-state index contributed by atoms with van der Waals surface area (Å²) in [5, 5.41) is 1.84. The third kappa shape index (κ3) is 4.34. The molecule has 0 aliphatic carbocycles. The zero-order chi connectivity index (χ0) is 22.5. The number of aryl methyl sites for hydroxylation is 1. The lowest BCUT2D eigenvalue weighted by molar-refractivity contribution is -0.196. The molecule has 0 unspecified atom stereocenters. The molecule has 2 rings (SSSR count). The van der Waals surface area contributed by atoms with E-state index in [0.717, 1.165) is 17.6 Å².